The zero-order valence-electron chi connectivity index (χ0n) is 19.3. The number of nitrogens with zero attached hydrogens (tertiary/aromatic N) is 1. The Bertz CT molecular complexity index is 874. The third kappa shape index (κ3) is 6.74. The highest BCUT2D eigenvalue weighted by Gasteiger charge is 2.28. The molecule has 1 atom stereocenters. The SMILES string of the molecule is COc1ccc(OCC(=O)N(Cc2ccc(C)cc2)[C@@H](C)C(=O)NC2CCCCC2)cc1. The van der Waals surface area contributed by atoms with Crippen LogP contribution in [0, 0.1) is 6.92 Å². The van der Waals surface area contributed by atoms with Crippen molar-refractivity contribution in [2.75, 3.05) is 13.7 Å². The summed E-state index contributed by atoms with van der Waals surface area (Å²) in [4.78, 5) is 27.7. The van der Waals surface area contributed by atoms with Gasteiger partial charge in [-0.3, -0.25) is 9.59 Å². The number of aryl methyl sites for hydroxylation is 1. The predicted molar refractivity (Wildman–Crippen MR) is 125 cm³/mol. The van der Waals surface area contributed by atoms with Crippen molar-refractivity contribution in [2.24, 2.45) is 0 Å². The van der Waals surface area contributed by atoms with Crippen molar-refractivity contribution in [3.63, 3.8) is 0 Å². The molecule has 2 aromatic carbocycles. The molecule has 1 aliphatic carbocycles. The zero-order chi connectivity index (χ0) is 22.9. The summed E-state index contributed by atoms with van der Waals surface area (Å²) in [6.45, 7) is 4.02. The van der Waals surface area contributed by atoms with Gasteiger partial charge in [-0.1, -0.05) is 49.1 Å². The second kappa shape index (κ2) is 11.6. The largest absolute Gasteiger partial charge is 0.497 e. The second-order valence-corrected chi connectivity index (χ2v) is 8.49. The van der Waals surface area contributed by atoms with E-state index in [1.54, 1.807) is 43.2 Å². The Morgan fingerprint density at radius 3 is 2.25 bits per heavy atom. The van der Waals surface area contributed by atoms with Crippen LogP contribution in [0.3, 0.4) is 0 Å². The topological polar surface area (TPSA) is 67.9 Å². The molecular formula is C26H34N2O4. The van der Waals surface area contributed by atoms with Crippen molar-refractivity contribution in [1.82, 2.24) is 10.2 Å². The van der Waals surface area contributed by atoms with Crippen LogP contribution in [-0.2, 0) is 16.1 Å². The van der Waals surface area contributed by atoms with Gasteiger partial charge >= 0.3 is 0 Å². The summed E-state index contributed by atoms with van der Waals surface area (Å²) in [5, 5.41) is 3.15. The highest BCUT2D eigenvalue weighted by Crippen LogP contribution is 2.19. The summed E-state index contributed by atoms with van der Waals surface area (Å²) in [7, 11) is 1.60. The Hall–Kier alpha value is -3.02. The first kappa shape index (κ1) is 23.6. The first-order valence-corrected chi connectivity index (χ1v) is 11.4. The molecule has 32 heavy (non-hydrogen) atoms. The van der Waals surface area contributed by atoms with Crippen LogP contribution in [0.2, 0.25) is 0 Å². The number of rotatable bonds is 9. The maximum absolute atomic E-state index is 13.1. The third-order valence-corrected chi connectivity index (χ3v) is 6.01. The highest BCUT2D eigenvalue weighted by atomic mass is 16.5. The molecular weight excluding hydrogens is 404 g/mol. The maximum Gasteiger partial charge on any atom is 0.261 e. The number of carbonyl (C=O) groups is 2. The van der Waals surface area contributed by atoms with Crippen LogP contribution >= 0.6 is 0 Å². The van der Waals surface area contributed by atoms with E-state index < -0.39 is 6.04 Å². The van der Waals surface area contributed by atoms with E-state index in [1.807, 2.05) is 31.2 Å². The molecule has 6 nitrogen and oxygen atoms in total. The van der Waals surface area contributed by atoms with Gasteiger partial charge in [-0.05, 0) is 56.5 Å². The second-order valence-electron chi connectivity index (χ2n) is 8.49. The molecule has 1 saturated carbocycles. The van der Waals surface area contributed by atoms with Gasteiger partial charge < -0.3 is 19.7 Å². The molecule has 2 aromatic rings. The Labute approximate surface area is 190 Å². The monoisotopic (exact) mass is 438 g/mol. The molecule has 1 aliphatic rings. The smallest absolute Gasteiger partial charge is 0.261 e. The molecule has 172 valence electrons. The van der Waals surface area contributed by atoms with Gasteiger partial charge in [0, 0.05) is 12.6 Å². The molecule has 0 unspecified atom stereocenters. The van der Waals surface area contributed by atoms with Gasteiger partial charge in [-0.15, -0.1) is 0 Å². The minimum absolute atomic E-state index is 0.109. The lowest BCUT2D eigenvalue weighted by Crippen LogP contribution is -2.51. The van der Waals surface area contributed by atoms with Gasteiger partial charge in [0.25, 0.3) is 5.91 Å². The fourth-order valence-electron chi connectivity index (χ4n) is 3.94. The number of hydrogen-bond donors (Lipinski definition) is 1. The maximum atomic E-state index is 13.1. The Balaban J connectivity index is 1.68. The Morgan fingerprint density at radius 2 is 1.62 bits per heavy atom. The van der Waals surface area contributed by atoms with E-state index in [1.165, 1.54) is 6.42 Å². The van der Waals surface area contributed by atoms with E-state index in [9.17, 15) is 9.59 Å². The predicted octanol–water partition coefficient (Wildman–Crippen LogP) is 4.25. The zero-order valence-corrected chi connectivity index (χ0v) is 19.3. The Kier molecular flexibility index (Phi) is 8.54. The minimum atomic E-state index is -0.592. The summed E-state index contributed by atoms with van der Waals surface area (Å²) in [5.74, 6) is 0.959. The van der Waals surface area contributed by atoms with Crippen LogP contribution in [0.1, 0.15) is 50.2 Å². The average molecular weight is 439 g/mol. The summed E-state index contributed by atoms with van der Waals surface area (Å²) < 4.78 is 10.9. The van der Waals surface area contributed by atoms with Gasteiger partial charge in [0.2, 0.25) is 5.91 Å². The number of nitrogens with one attached hydrogen (secondary N) is 1. The molecule has 3 rings (SSSR count). The van der Waals surface area contributed by atoms with Crippen LogP contribution in [0.5, 0.6) is 11.5 Å². The lowest BCUT2D eigenvalue weighted by Gasteiger charge is -2.31. The molecule has 6 heteroatoms. The molecule has 0 aliphatic heterocycles. The summed E-state index contributed by atoms with van der Waals surface area (Å²) in [5.41, 5.74) is 2.13. The number of methoxy groups -OCH3 is 1. The van der Waals surface area contributed by atoms with Crippen molar-refractivity contribution >= 4 is 11.8 Å². The number of hydrogen-bond acceptors (Lipinski definition) is 4. The van der Waals surface area contributed by atoms with E-state index in [-0.39, 0.29) is 24.5 Å². The molecule has 0 saturated heterocycles. The molecule has 0 radical (unpaired) electrons. The fourth-order valence-corrected chi connectivity index (χ4v) is 3.94. The van der Waals surface area contributed by atoms with Crippen molar-refractivity contribution < 1.29 is 19.1 Å². The van der Waals surface area contributed by atoms with E-state index in [0.29, 0.717) is 12.3 Å². The Morgan fingerprint density at radius 1 is 1.00 bits per heavy atom. The summed E-state index contributed by atoms with van der Waals surface area (Å²) >= 11 is 0. The summed E-state index contributed by atoms with van der Waals surface area (Å²) in [6.07, 6.45) is 5.51. The first-order chi connectivity index (χ1) is 15.5. The highest BCUT2D eigenvalue weighted by molar-refractivity contribution is 5.88. The van der Waals surface area contributed by atoms with Crippen molar-refractivity contribution in [2.45, 2.75) is 64.6 Å². The molecule has 0 aromatic heterocycles. The number of amides is 2. The molecule has 1 fully saturated rings. The minimum Gasteiger partial charge on any atom is -0.497 e. The number of benzene rings is 2. The van der Waals surface area contributed by atoms with Crippen molar-refractivity contribution in [3.05, 3.63) is 59.7 Å². The van der Waals surface area contributed by atoms with Gasteiger partial charge in [-0.2, -0.15) is 0 Å². The van der Waals surface area contributed by atoms with E-state index >= 15 is 0 Å². The molecule has 2 amide bonds. The van der Waals surface area contributed by atoms with Crippen LogP contribution in [0.25, 0.3) is 0 Å². The van der Waals surface area contributed by atoms with Crippen LogP contribution < -0.4 is 14.8 Å². The van der Waals surface area contributed by atoms with Crippen LogP contribution in [0.4, 0.5) is 0 Å². The lowest BCUT2D eigenvalue weighted by molar-refractivity contribution is -0.142. The van der Waals surface area contributed by atoms with E-state index in [2.05, 4.69) is 5.32 Å². The standard InChI is InChI=1S/C26H34N2O4/c1-19-9-11-21(12-10-19)17-28(20(2)26(30)27-22-7-5-4-6-8-22)25(29)18-32-24-15-13-23(31-3)14-16-24/h9-16,20,22H,4-8,17-18H2,1-3H3,(H,27,30)/t20-/m0/s1. The molecule has 0 bridgehead atoms. The number of carbonyl (C=O) groups excluding carboxylic acids is 2. The molecule has 0 heterocycles. The van der Waals surface area contributed by atoms with E-state index in [0.717, 1.165) is 42.6 Å². The number of ether oxygens (including phenoxy) is 2. The van der Waals surface area contributed by atoms with Gasteiger partial charge in [0.15, 0.2) is 6.61 Å². The van der Waals surface area contributed by atoms with E-state index in [4.69, 9.17) is 9.47 Å². The lowest BCUT2D eigenvalue weighted by atomic mass is 9.95. The quantitative estimate of drug-likeness (QED) is 0.636. The fraction of sp³-hybridized carbons (Fsp3) is 0.462. The van der Waals surface area contributed by atoms with Crippen molar-refractivity contribution in [3.8, 4) is 11.5 Å². The van der Waals surface area contributed by atoms with Gasteiger partial charge in [0.05, 0.1) is 7.11 Å². The molecule has 1 N–H and O–H groups in total. The van der Waals surface area contributed by atoms with Crippen LogP contribution in [-0.4, -0.2) is 42.5 Å². The average Bonchev–Trinajstić information content (AvgIpc) is 2.82. The first-order valence-electron chi connectivity index (χ1n) is 11.4. The summed E-state index contributed by atoms with van der Waals surface area (Å²) in [6, 6.07) is 14.7. The van der Waals surface area contributed by atoms with Gasteiger partial charge in [0.1, 0.15) is 17.5 Å². The van der Waals surface area contributed by atoms with Gasteiger partial charge in [-0.25, -0.2) is 0 Å². The normalized spacial score (nSPS) is 15.0. The molecule has 0 spiro atoms. The third-order valence-electron chi connectivity index (χ3n) is 6.01. The van der Waals surface area contributed by atoms with Crippen LogP contribution in [0.15, 0.2) is 48.5 Å². The van der Waals surface area contributed by atoms with Crippen molar-refractivity contribution in [1.29, 1.82) is 0 Å².